The Balaban J connectivity index is 1.75. The SMILES string of the molecule is OC(CN(Cc1c(F)cccc1Cl)C1CC1)c1ccc(F)c(F)c1. The minimum Gasteiger partial charge on any atom is -0.387 e. The van der Waals surface area contributed by atoms with Crippen LogP contribution in [0.2, 0.25) is 5.02 Å². The summed E-state index contributed by atoms with van der Waals surface area (Å²) in [7, 11) is 0. The minimum atomic E-state index is -0.998. The smallest absolute Gasteiger partial charge is 0.159 e. The summed E-state index contributed by atoms with van der Waals surface area (Å²) < 4.78 is 40.3. The van der Waals surface area contributed by atoms with E-state index in [0.717, 1.165) is 25.0 Å². The number of aliphatic hydroxyl groups is 1. The average molecular weight is 356 g/mol. The van der Waals surface area contributed by atoms with Crippen molar-refractivity contribution in [2.24, 2.45) is 0 Å². The van der Waals surface area contributed by atoms with Crippen molar-refractivity contribution < 1.29 is 18.3 Å². The summed E-state index contributed by atoms with van der Waals surface area (Å²) in [5.74, 6) is -2.35. The van der Waals surface area contributed by atoms with E-state index in [1.54, 1.807) is 12.1 Å². The van der Waals surface area contributed by atoms with Crippen LogP contribution in [-0.2, 0) is 6.54 Å². The van der Waals surface area contributed by atoms with Gasteiger partial charge in [0.15, 0.2) is 11.6 Å². The number of hydrogen-bond acceptors (Lipinski definition) is 2. The van der Waals surface area contributed by atoms with E-state index in [1.807, 2.05) is 4.90 Å². The van der Waals surface area contributed by atoms with Crippen molar-refractivity contribution in [3.8, 4) is 0 Å². The van der Waals surface area contributed by atoms with Gasteiger partial charge < -0.3 is 5.11 Å². The molecule has 1 fully saturated rings. The molecule has 6 heteroatoms. The molecule has 1 aliphatic carbocycles. The Labute approximate surface area is 143 Å². The lowest BCUT2D eigenvalue weighted by molar-refractivity contribution is 0.103. The molecule has 24 heavy (non-hydrogen) atoms. The van der Waals surface area contributed by atoms with Gasteiger partial charge in [-0.2, -0.15) is 0 Å². The molecule has 1 N–H and O–H groups in total. The maximum absolute atomic E-state index is 14.0. The maximum Gasteiger partial charge on any atom is 0.159 e. The van der Waals surface area contributed by atoms with E-state index in [9.17, 15) is 18.3 Å². The highest BCUT2D eigenvalue weighted by molar-refractivity contribution is 6.31. The summed E-state index contributed by atoms with van der Waals surface area (Å²) in [6, 6.07) is 8.07. The van der Waals surface area contributed by atoms with Gasteiger partial charge in [-0.15, -0.1) is 0 Å². The van der Waals surface area contributed by atoms with Gasteiger partial charge in [-0.05, 0) is 42.7 Å². The van der Waals surface area contributed by atoms with Gasteiger partial charge in [0.25, 0.3) is 0 Å². The van der Waals surface area contributed by atoms with Crippen molar-refractivity contribution in [3.05, 3.63) is 70.0 Å². The van der Waals surface area contributed by atoms with Gasteiger partial charge in [0.2, 0.25) is 0 Å². The van der Waals surface area contributed by atoms with Crippen molar-refractivity contribution in [2.75, 3.05) is 6.54 Å². The number of benzene rings is 2. The summed E-state index contributed by atoms with van der Waals surface area (Å²) in [4.78, 5) is 1.93. The van der Waals surface area contributed by atoms with Gasteiger partial charge in [0, 0.05) is 29.7 Å². The van der Waals surface area contributed by atoms with Gasteiger partial charge in [0.1, 0.15) is 5.82 Å². The number of nitrogens with zero attached hydrogens (tertiary/aromatic N) is 1. The molecular formula is C18H17ClF3NO. The average Bonchev–Trinajstić information content (AvgIpc) is 3.37. The van der Waals surface area contributed by atoms with Crippen LogP contribution in [0.1, 0.15) is 30.1 Å². The van der Waals surface area contributed by atoms with Crippen molar-refractivity contribution in [1.29, 1.82) is 0 Å². The van der Waals surface area contributed by atoms with Crippen molar-refractivity contribution >= 4 is 11.6 Å². The lowest BCUT2D eigenvalue weighted by Crippen LogP contribution is -2.31. The predicted molar refractivity (Wildman–Crippen MR) is 86.2 cm³/mol. The van der Waals surface area contributed by atoms with Crippen molar-refractivity contribution in [3.63, 3.8) is 0 Å². The largest absolute Gasteiger partial charge is 0.387 e. The third-order valence-corrected chi connectivity index (χ3v) is 4.58. The molecule has 3 rings (SSSR count). The predicted octanol–water partition coefficient (Wildman–Crippen LogP) is 4.46. The number of aliphatic hydroxyl groups excluding tert-OH is 1. The fourth-order valence-electron chi connectivity index (χ4n) is 2.72. The molecule has 2 nitrogen and oxygen atoms in total. The minimum absolute atomic E-state index is 0.195. The van der Waals surface area contributed by atoms with Crippen LogP contribution in [0, 0.1) is 17.5 Å². The summed E-state index contributed by atoms with van der Waals surface area (Å²) in [5, 5.41) is 10.7. The second-order valence-corrected chi connectivity index (χ2v) is 6.46. The number of hydrogen-bond donors (Lipinski definition) is 1. The topological polar surface area (TPSA) is 23.5 Å². The molecule has 0 radical (unpaired) electrons. The Kier molecular flexibility index (Phi) is 5.13. The molecule has 2 aromatic carbocycles. The second-order valence-electron chi connectivity index (χ2n) is 6.05. The van der Waals surface area contributed by atoms with E-state index in [2.05, 4.69) is 0 Å². The third-order valence-electron chi connectivity index (χ3n) is 4.22. The lowest BCUT2D eigenvalue weighted by atomic mass is 10.1. The van der Waals surface area contributed by atoms with Crippen LogP contribution in [0.4, 0.5) is 13.2 Å². The highest BCUT2D eigenvalue weighted by atomic mass is 35.5. The van der Waals surface area contributed by atoms with Crippen LogP contribution in [0.25, 0.3) is 0 Å². The Morgan fingerprint density at radius 1 is 1.08 bits per heavy atom. The lowest BCUT2D eigenvalue weighted by Gasteiger charge is -2.26. The highest BCUT2D eigenvalue weighted by Gasteiger charge is 2.31. The molecule has 0 aromatic heterocycles. The molecule has 1 aliphatic rings. The molecule has 0 amide bonds. The molecule has 128 valence electrons. The van der Waals surface area contributed by atoms with Crippen LogP contribution < -0.4 is 0 Å². The van der Waals surface area contributed by atoms with E-state index >= 15 is 0 Å². The molecule has 0 saturated heterocycles. The standard InChI is InChI=1S/C18H17ClF3NO/c19-14-2-1-3-15(20)13(14)9-23(12-5-6-12)10-18(24)11-4-7-16(21)17(22)8-11/h1-4,7-8,12,18,24H,5-6,9-10H2. The first-order valence-electron chi connectivity index (χ1n) is 7.75. The molecule has 0 heterocycles. The van der Waals surface area contributed by atoms with Crippen molar-refractivity contribution in [1.82, 2.24) is 4.90 Å². The van der Waals surface area contributed by atoms with Crippen LogP contribution in [-0.4, -0.2) is 22.6 Å². The number of halogens is 4. The van der Waals surface area contributed by atoms with Crippen LogP contribution in [0.3, 0.4) is 0 Å². The summed E-state index contributed by atoms with van der Waals surface area (Å²) in [5.41, 5.74) is 0.669. The Bertz CT molecular complexity index is 716. The van der Waals surface area contributed by atoms with Crippen molar-refractivity contribution in [2.45, 2.75) is 31.5 Å². The summed E-state index contributed by atoms with van der Waals surface area (Å²) in [6.07, 6.45) is 0.916. The quantitative estimate of drug-likeness (QED) is 0.827. The fraction of sp³-hybridized carbons (Fsp3) is 0.333. The molecule has 1 atom stereocenters. The van der Waals surface area contributed by atoms with Gasteiger partial charge >= 0.3 is 0 Å². The Morgan fingerprint density at radius 2 is 1.83 bits per heavy atom. The molecule has 0 spiro atoms. The van der Waals surface area contributed by atoms with Gasteiger partial charge in [-0.1, -0.05) is 23.7 Å². The van der Waals surface area contributed by atoms with E-state index in [0.29, 0.717) is 16.1 Å². The molecule has 2 aromatic rings. The zero-order valence-electron chi connectivity index (χ0n) is 12.9. The van der Waals surface area contributed by atoms with E-state index in [4.69, 9.17) is 11.6 Å². The van der Waals surface area contributed by atoms with Gasteiger partial charge in [-0.3, -0.25) is 4.90 Å². The zero-order valence-corrected chi connectivity index (χ0v) is 13.6. The first-order chi connectivity index (χ1) is 11.5. The van der Waals surface area contributed by atoms with Crippen LogP contribution in [0.15, 0.2) is 36.4 Å². The first-order valence-corrected chi connectivity index (χ1v) is 8.13. The van der Waals surface area contributed by atoms with Gasteiger partial charge in [0.05, 0.1) is 6.10 Å². The Morgan fingerprint density at radius 3 is 2.46 bits per heavy atom. The normalized spacial score (nSPS) is 15.8. The maximum atomic E-state index is 14.0. The molecule has 1 unspecified atom stereocenters. The molecule has 1 saturated carbocycles. The fourth-order valence-corrected chi connectivity index (χ4v) is 2.94. The van der Waals surface area contributed by atoms with Crippen LogP contribution >= 0.6 is 11.6 Å². The van der Waals surface area contributed by atoms with Gasteiger partial charge in [-0.25, -0.2) is 13.2 Å². The van der Waals surface area contributed by atoms with E-state index in [1.165, 1.54) is 12.1 Å². The molecular weight excluding hydrogens is 339 g/mol. The molecule has 0 aliphatic heterocycles. The van der Waals surface area contributed by atoms with E-state index in [-0.39, 0.29) is 19.1 Å². The zero-order chi connectivity index (χ0) is 17.3. The monoisotopic (exact) mass is 355 g/mol. The highest BCUT2D eigenvalue weighted by Crippen LogP contribution is 2.32. The second kappa shape index (κ2) is 7.13. The summed E-state index contributed by atoms with van der Waals surface area (Å²) in [6.45, 7) is 0.456. The first kappa shape index (κ1) is 17.3. The molecule has 0 bridgehead atoms. The third kappa shape index (κ3) is 3.91. The Hall–Kier alpha value is -1.56. The van der Waals surface area contributed by atoms with Crippen LogP contribution in [0.5, 0.6) is 0 Å². The van der Waals surface area contributed by atoms with E-state index < -0.39 is 23.6 Å². The summed E-state index contributed by atoms with van der Waals surface area (Å²) >= 11 is 6.07. The number of rotatable bonds is 6.